The van der Waals surface area contributed by atoms with Crippen LogP contribution in [0.1, 0.15) is 18.1 Å². The van der Waals surface area contributed by atoms with E-state index in [1.807, 2.05) is 24.9 Å². The highest BCUT2D eigenvalue weighted by molar-refractivity contribution is 5.41. The summed E-state index contributed by atoms with van der Waals surface area (Å²) < 4.78 is 15.0. The summed E-state index contributed by atoms with van der Waals surface area (Å²) in [4.78, 5) is 13.9. The van der Waals surface area contributed by atoms with Crippen LogP contribution in [0.3, 0.4) is 0 Å². The fraction of sp³-hybridized carbons (Fsp3) is 0.267. The maximum absolute atomic E-state index is 13.8. The Hall–Kier alpha value is -2.68. The molecule has 1 heterocycles. The summed E-state index contributed by atoms with van der Waals surface area (Å²) in [5.74, 6) is -0.516. The molecular weight excluding hydrogens is 271 g/mol. The lowest BCUT2D eigenvalue weighted by atomic mass is 10.1. The summed E-state index contributed by atoms with van der Waals surface area (Å²) in [5.41, 5.74) is 0.993. The molecular formula is C15H15FN4O. The van der Waals surface area contributed by atoms with E-state index in [1.54, 1.807) is 6.20 Å². The average Bonchev–Trinajstić information content (AvgIpc) is 2.50. The largest absolute Gasteiger partial charge is 0.373 e. The smallest absolute Gasteiger partial charge is 0.269 e. The highest BCUT2D eigenvalue weighted by atomic mass is 19.1. The van der Waals surface area contributed by atoms with Crippen molar-refractivity contribution in [1.29, 1.82) is 5.26 Å². The van der Waals surface area contributed by atoms with Gasteiger partial charge >= 0.3 is 0 Å². The standard InChI is InChI=1S/C15H15FN4O/c1-3-19(2)13-7-15(21)20(18-9-13)10-12-5-4-11(8-17)6-14(12)16/h4-7,9H,3,10H2,1-2H3. The lowest BCUT2D eigenvalue weighted by molar-refractivity contribution is 0.571. The number of rotatable bonds is 4. The molecule has 0 spiro atoms. The number of halogens is 1. The van der Waals surface area contributed by atoms with E-state index in [1.165, 1.54) is 22.9 Å². The first-order chi connectivity index (χ1) is 10.0. The van der Waals surface area contributed by atoms with Crippen LogP contribution in [0.4, 0.5) is 10.1 Å². The van der Waals surface area contributed by atoms with Crippen molar-refractivity contribution in [3.8, 4) is 6.07 Å². The molecule has 0 amide bonds. The van der Waals surface area contributed by atoms with Crippen LogP contribution in [0.5, 0.6) is 0 Å². The quantitative estimate of drug-likeness (QED) is 0.859. The molecule has 2 aromatic rings. The third-order valence-electron chi connectivity index (χ3n) is 3.27. The van der Waals surface area contributed by atoms with E-state index in [2.05, 4.69) is 5.10 Å². The number of anilines is 1. The van der Waals surface area contributed by atoms with Gasteiger partial charge in [0.05, 0.1) is 30.1 Å². The first-order valence-electron chi connectivity index (χ1n) is 6.52. The van der Waals surface area contributed by atoms with Crippen molar-refractivity contribution >= 4 is 5.69 Å². The molecule has 0 saturated heterocycles. The van der Waals surface area contributed by atoms with E-state index in [-0.39, 0.29) is 17.7 Å². The van der Waals surface area contributed by atoms with E-state index in [0.717, 1.165) is 18.3 Å². The van der Waals surface area contributed by atoms with Crippen molar-refractivity contribution in [3.63, 3.8) is 0 Å². The molecule has 6 heteroatoms. The second-order valence-corrected chi connectivity index (χ2v) is 4.64. The molecule has 0 saturated carbocycles. The van der Waals surface area contributed by atoms with Gasteiger partial charge in [-0.15, -0.1) is 0 Å². The van der Waals surface area contributed by atoms with Crippen LogP contribution in [-0.2, 0) is 6.54 Å². The fourth-order valence-corrected chi connectivity index (χ4v) is 1.84. The van der Waals surface area contributed by atoms with E-state index < -0.39 is 5.82 Å². The van der Waals surface area contributed by atoms with Gasteiger partial charge in [-0.3, -0.25) is 4.79 Å². The maximum atomic E-state index is 13.8. The van der Waals surface area contributed by atoms with Crippen LogP contribution in [-0.4, -0.2) is 23.4 Å². The Bertz CT molecular complexity index is 748. The molecule has 5 nitrogen and oxygen atoms in total. The number of nitriles is 1. The Kier molecular flexibility index (Phi) is 4.33. The van der Waals surface area contributed by atoms with E-state index in [0.29, 0.717) is 5.56 Å². The molecule has 0 unspecified atom stereocenters. The maximum Gasteiger partial charge on any atom is 0.269 e. The predicted octanol–water partition coefficient (Wildman–Crippen LogP) is 1.76. The van der Waals surface area contributed by atoms with Gasteiger partial charge < -0.3 is 4.90 Å². The van der Waals surface area contributed by atoms with Gasteiger partial charge in [-0.25, -0.2) is 9.07 Å². The first-order valence-corrected chi connectivity index (χ1v) is 6.52. The summed E-state index contributed by atoms with van der Waals surface area (Å²) >= 11 is 0. The second kappa shape index (κ2) is 6.18. The minimum absolute atomic E-state index is 0.0342. The van der Waals surface area contributed by atoms with Crippen LogP contribution < -0.4 is 10.5 Å². The third-order valence-corrected chi connectivity index (χ3v) is 3.27. The third kappa shape index (κ3) is 3.26. The topological polar surface area (TPSA) is 61.9 Å². The summed E-state index contributed by atoms with van der Waals surface area (Å²) in [7, 11) is 1.86. The molecule has 1 aromatic carbocycles. The Labute approximate surface area is 121 Å². The first kappa shape index (κ1) is 14.7. The van der Waals surface area contributed by atoms with Crippen molar-refractivity contribution in [2.45, 2.75) is 13.5 Å². The normalized spacial score (nSPS) is 10.2. The van der Waals surface area contributed by atoms with Crippen LogP contribution in [0.2, 0.25) is 0 Å². The summed E-state index contributed by atoms with van der Waals surface area (Å²) in [5, 5.41) is 12.8. The van der Waals surface area contributed by atoms with Gasteiger partial charge in [-0.1, -0.05) is 6.07 Å². The van der Waals surface area contributed by atoms with Gasteiger partial charge in [-0.05, 0) is 19.1 Å². The molecule has 21 heavy (non-hydrogen) atoms. The zero-order chi connectivity index (χ0) is 15.4. The predicted molar refractivity (Wildman–Crippen MR) is 77.7 cm³/mol. The molecule has 108 valence electrons. The minimum Gasteiger partial charge on any atom is -0.373 e. The summed E-state index contributed by atoms with van der Waals surface area (Å²) in [6.45, 7) is 2.76. The van der Waals surface area contributed by atoms with E-state index in [4.69, 9.17) is 5.26 Å². The molecule has 0 atom stereocenters. The SMILES string of the molecule is CCN(C)c1cnn(Cc2ccc(C#N)cc2F)c(=O)c1. The number of nitrogens with zero attached hydrogens (tertiary/aromatic N) is 4. The van der Waals surface area contributed by atoms with Gasteiger partial charge in [0, 0.05) is 25.2 Å². The molecule has 0 radical (unpaired) electrons. The van der Waals surface area contributed by atoms with E-state index in [9.17, 15) is 9.18 Å². The molecule has 0 N–H and O–H groups in total. The fourth-order valence-electron chi connectivity index (χ4n) is 1.84. The Morgan fingerprint density at radius 3 is 2.76 bits per heavy atom. The minimum atomic E-state index is -0.516. The Morgan fingerprint density at radius 1 is 1.43 bits per heavy atom. The molecule has 2 rings (SSSR count). The van der Waals surface area contributed by atoms with Crippen molar-refractivity contribution < 1.29 is 4.39 Å². The van der Waals surface area contributed by atoms with Crippen LogP contribution in [0, 0.1) is 17.1 Å². The Balaban J connectivity index is 2.29. The van der Waals surface area contributed by atoms with Crippen LogP contribution in [0.15, 0.2) is 35.3 Å². The highest BCUT2D eigenvalue weighted by Gasteiger charge is 2.08. The van der Waals surface area contributed by atoms with Crippen LogP contribution >= 0.6 is 0 Å². The zero-order valence-corrected chi connectivity index (χ0v) is 11.9. The molecule has 0 bridgehead atoms. The molecule has 0 aliphatic carbocycles. The van der Waals surface area contributed by atoms with Crippen molar-refractivity contribution in [1.82, 2.24) is 9.78 Å². The van der Waals surface area contributed by atoms with Gasteiger partial charge in [0.2, 0.25) is 0 Å². The second-order valence-electron chi connectivity index (χ2n) is 4.64. The van der Waals surface area contributed by atoms with E-state index >= 15 is 0 Å². The zero-order valence-electron chi connectivity index (χ0n) is 11.9. The summed E-state index contributed by atoms with van der Waals surface area (Å²) in [6.07, 6.45) is 1.58. The monoisotopic (exact) mass is 286 g/mol. The van der Waals surface area contributed by atoms with Gasteiger partial charge in [0.25, 0.3) is 5.56 Å². The van der Waals surface area contributed by atoms with Crippen molar-refractivity contribution in [2.75, 3.05) is 18.5 Å². The molecule has 0 aliphatic rings. The number of aromatic nitrogens is 2. The summed E-state index contributed by atoms with van der Waals surface area (Å²) in [6, 6.07) is 7.50. The number of hydrogen-bond donors (Lipinski definition) is 0. The number of benzene rings is 1. The molecule has 0 aliphatic heterocycles. The molecule has 0 fully saturated rings. The lowest BCUT2D eigenvalue weighted by Crippen LogP contribution is -2.26. The Morgan fingerprint density at radius 2 is 2.19 bits per heavy atom. The molecule has 1 aromatic heterocycles. The van der Waals surface area contributed by atoms with Gasteiger partial charge in [0.15, 0.2) is 0 Å². The lowest BCUT2D eigenvalue weighted by Gasteiger charge is -2.16. The van der Waals surface area contributed by atoms with Crippen LogP contribution in [0.25, 0.3) is 0 Å². The average molecular weight is 286 g/mol. The highest BCUT2D eigenvalue weighted by Crippen LogP contribution is 2.11. The van der Waals surface area contributed by atoms with Gasteiger partial charge in [-0.2, -0.15) is 10.4 Å². The number of hydrogen-bond acceptors (Lipinski definition) is 4. The van der Waals surface area contributed by atoms with Crippen molar-refractivity contribution in [3.05, 3.63) is 57.8 Å². The van der Waals surface area contributed by atoms with Gasteiger partial charge in [0.1, 0.15) is 5.82 Å². The van der Waals surface area contributed by atoms with Crippen molar-refractivity contribution in [2.24, 2.45) is 0 Å².